The highest BCUT2D eigenvalue weighted by molar-refractivity contribution is 9.10. The molecule has 28 heavy (non-hydrogen) atoms. The van der Waals surface area contributed by atoms with Crippen molar-refractivity contribution in [1.82, 2.24) is 9.88 Å². The molecule has 0 saturated carbocycles. The van der Waals surface area contributed by atoms with Crippen LogP contribution in [0, 0.1) is 0 Å². The van der Waals surface area contributed by atoms with E-state index in [1.165, 1.54) is 0 Å². The summed E-state index contributed by atoms with van der Waals surface area (Å²) < 4.78 is 6.40. The van der Waals surface area contributed by atoms with E-state index in [1.807, 2.05) is 47.7 Å². The van der Waals surface area contributed by atoms with Crippen LogP contribution in [0.25, 0.3) is 10.6 Å². The standard InChI is InChI=1S/C20H19BrClN3O2S/c1-25(11-19(26)24-17-6-4-3-5-16(17)22)10-14-12-28-20(23-14)15-9-13(21)7-8-18(15)27-2/h3-9,12H,10-11H2,1-2H3,(H,24,26). The summed E-state index contributed by atoms with van der Waals surface area (Å²) in [6, 6.07) is 13.0. The lowest BCUT2D eigenvalue weighted by Crippen LogP contribution is -2.30. The maximum Gasteiger partial charge on any atom is 0.238 e. The summed E-state index contributed by atoms with van der Waals surface area (Å²) in [6.45, 7) is 0.793. The molecule has 5 nitrogen and oxygen atoms in total. The third kappa shape index (κ3) is 5.32. The molecular weight excluding hydrogens is 462 g/mol. The summed E-state index contributed by atoms with van der Waals surface area (Å²) in [4.78, 5) is 18.9. The Bertz CT molecular complexity index is 980. The van der Waals surface area contributed by atoms with E-state index in [4.69, 9.17) is 21.3 Å². The van der Waals surface area contributed by atoms with Gasteiger partial charge in [-0.05, 0) is 37.4 Å². The molecule has 8 heteroatoms. The lowest BCUT2D eigenvalue weighted by atomic mass is 10.2. The monoisotopic (exact) mass is 479 g/mol. The van der Waals surface area contributed by atoms with Gasteiger partial charge in [0.2, 0.25) is 5.91 Å². The molecule has 0 aliphatic carbocycles. The Labute approximate surface area is 181 Å². The number of hydrogen-bond acceptors (Lipinski definition) is 5. The highest BCUT2D eigenvalue weighted by atomic mass is 79.9. The lowest BCUT2D eigenvalue weighted by Gasteiger charge is -2.15. The summed E-state index contributed by atoms with van der Waals surface area (Å²) in [5.74, 6) is 0.649. The van der Waals surface area contributed by atoms with E-state index < -0.39 is 0 Å². The Morgan fingerprint density at radius 2 is 2.11 bits per heavy atom. The zero-order chi connectivity index (χ0) is 20.1. The second kappa shape index (κ2) is 9.52. The number of hydrogen-bond donors (Lipinski definition) is 1. The highest BCUT2D eigenvalue weighted by Gasteiger charge is 2.14. The molecular formula is C20H19BrClN3O2S. The summed E-state index contributed by atoms with van der Waals surface area (Å²) in [6.07, 6.45) is 0. The van der Waals surface area contributed by atoms with Crippen LogP contribution >= 0.6 is 38.9 Å². The number of para-hydroxylation sites is 1. The topological polar surface area (TPSA) is 54.5 Å². The van der Waals surface area contributed by atoms with Gasteiger partial charge in [-0.1, -0.05) is 39.7 Å². The van der Waals surface area contributed by atoms with Crippen molar-refractivity contribution in [2.75, 3.05) is 26.0 Å². The number of carbonyl (C=O) groups excluding carboxylic acids is 1. The Balaban J connectivity index is 1.63. The van der Waals surface area contributed by atoms with Crippen molar-refractivity contribution in [2.45, 2.75) is 6.54 Å². The number of carbonyl (C=O) groups is 1. The Morgan fingerprint density at radius 3 is 2.86 bits per heavy atom. The molecule has 0 saturated heterocycles. The molecule has 0 aliphatic heterocycles. The summed E-state index contributed by atoms with van der Waals surface area (Å²) in [7, 11) is 3.53. The minimum Gasteiger partial charge on any atom is -0.496 e. The molecule has 0 unspecified atom stereocenters. The first-order chi connectivity index (χ1) is 13.5. The minimum absolute atomic E-state index is 0.125. The number of nitrogens with zero attached hydrogens (tertiary/aromatic N) is 2. The van der Waals surface area contributed by atoms with Gasteiger partial charge >= 0.3 is 0 Å². The number of aromatic nitrogens is 1. The van der Waals surface area contributed by atoms with Crippen LogP contribution in [0.4, 0.5) is 5.69 Å². The van der Waals surface area contributed by atoms with Crippen LogP contribution in [-0.2, 0) is 11.3 Å². The molecule has 1 amide bonds. The van der Waals surface area contributed by atoms with Gasteiger partial charge in [0.05, 0.1) is 35.6 Å². The first kappa shape index (κ1) is 20.8. The molecule has 0 aliphatic rings. The quantitative estimate of drug-likeness (QED) is 0.498. The van der Waals surface area contributed by atoms with Crippen molar-refractivity contribution in [3.63, 3.8) is 0 Å². The van der Waals surface area contributed by atoms with Crippen LogP contribution < -0.4 is 10.1 Å². The molecule has 146 valence electrons. The Kier molecular flexibility index (Phi) is 7.07. The predicted molar refractivity (Wildman–Crippen MR) is 118 cm³/mol. The van der Waals surface area contributed by atoms with Gasteiger partial charge in [0.25, 0.3) is 0 Å². The van der Waals surface area contributed by atoms with Gasteiger partial charge in [-0.15, -0.1) is 11.3 Å². The summed E-state index contributed by atoms with van der Waals surface area (Å²) >= 11 is 11.1. The van der Waals surface area contributed by atoms with Gasteiger partial charge < -0.3 is 10.1 Å². The highest BCUT2D eigenvalue weighted by Crippen LogP contribution is 2.34. The van der Waals surface area contributed by atoms with E-state index in [2.05, 4.69) is 21.2 Å². The van der Waals surface area contributed by atoms with E-state index in [1.54, 1.807) is 30.6 Å². The van der Waals surface area contributed by atoms with Gasteiger partial charge in [-0.2, -0.15) is 0 Å². The first-order valence-electron chi connectivity index (χ1n) is 8.47. The van der Waals surface area contributed by atoms with Gasteiger partial charge in [-0.3, -0.25) is 9.69 Å². The third-order valence-corrected chi connectivity index (χ3v) is 5.68. The maximum absolute atomic E-state index is 12.3. The fourth-order valence-corrected chi connectivity index (χ4v) is 4.06. The summed E-state index contributed by atoms with van der Waals surface area (Å²) in [5.41, 5.74) is 2.45. The minimum atomic E-state index is -0.125. The van der Waals surface area contributed by atoms with Crippen molar-refractivity contribution in [2.24, 2.45) is 0 Å². The average molecular weight is 481 g/mol. The van der Waals surface area contributed by atoms with Crippen LogP contribution in [0.15, 0.2) is 52.3 Å². The second-order valence-corrected chi connectivity index (χ2v) is 8.37. The molecule has 2 aromatic carbocycles. The van der Waals surface area contributed by atoms with Crippen LogP contribution in [0.5, 0.6) is 5.75 Å². The average Bonchev–Trinajstić information content (AvgIpc) is 3.11. The normalized spacial score (nSPS) is 10.9. The number of amides is 1. The predicted octanol–water partition coefficient (Wildman–Crippen LogP) is 5.31. The Morgan fingerprint density at radius 1 is 1.32 bits per heavy atom. The van der Waals surface area contributed by atoms with Crippen LogP contribution in [0.1, 0.15) is 5.69 Å². The van der Waals surface area contributed by atoms with Crippen molar-refractivity contribution in [1.29, 1.82) is 0 Å². The lowest BCUT2D eigenvalue weighted by molar-refractivity contribution is -0.117. The largest absolute Gasteiger partial charge is 0.496 e. The van der Waals surface area contributed by atoms with Crippen molar-refractivity contribution >= 4 is 50.5 Å². The van der Waals surface area contributed by atoms with Gasteiger partial charge in [-0.25, -0.2) is 4.98 Å². The number of ether oxygens (including phenoxy) is 1. The van der Waals surface area contributed by atoms with E-state index >= 15 is 0 Å². The second-order valence-electron chi connectivity index (χ2n) is 6.19. The van der Waals surface area contributed by atoms with Crippen molar-refractivity contribution < 1.29 is 9.53 Å². The number of halogens is 2. The number of thiazole rings is 1. The van der Waals surface area contributed by atoms with E-state index in [0.29, 0.717) is 17.3 Å². The van der Waals surface area contributed by atoms with E-state index in [-0.39, 0.29) is 12.5 Å². The molecule has 0 atom stereocenters. The Hall–Kier alpha value is -1.93. The zero-order valence-electron chi connectivity index (χ0n) is 15.4. The van der Waals surface area contributed by atoms with Crippen LogP contribution in [0.2, 0.25) is 5.02 Å². The third-order valence-electron chi connectivity index (χ3n) is 3.94. The number of likely N-dealkylation sites (N-methyl/N-ethyl adjacent to an activating group) is 1. The molecule has 1 aromatic heterocycles. The van der Waals surface area contributed by atoms with Gasteiger partial charge in [0.1, 0.15) is 10.8 Å². The maximum atomic E-state index is 12.3. The van der Waals surface area contributed by atoms with Gasteiger partial charge in [0.15, 0.2) is 0 Å². The zero-order valence-corrected chi connectivity index (χ0v) is 18.6. The van der Waals surface area contributed by atoms with E-state index in [9.17, 15) is 4.79 Å². The SMILES string of the molecule is COc1ccc(Br)cc1-c1nc(CN(C)CC(=O)Nc2ccccc2Cl)cs1. The molecule has 0 bridgehead atoms. The molecule has 0 radical (unpaired) electrons. The number of methoxy groups -OCH3 is 1. The van der Waals surface area contributed by atoms with Gasteiger partial charge in [0, 0.05) is 16.4 Å². The molecule has 0 spiro atoms. The fourth-order valence-electron chi connectivity index (χ4n) is 2.68. The van der Waals surface area contributed by atoms with E-state index in [0.717, 1.165) is 26.5 Å². The van der Waals surface area contributed by atoms with Crippen molar-refractivity contribution in [3.05, 3.63) is 63.0 Å². The van der Waals surface area contributed by atoms with Crippen LogP contribution in [0.3, 0.4) is 0 Å². The van der Waals surface area contributed by atoms with Crippen molar-refractivity contribution in [3.8, 4) is 16.3 Å². The summed E-state index contributed by atoms with van der Waals surface area (Å²) in [5, 5.41) is 6.22. The number of nitrogens with one attached hydrogen (secondary N) is 1. The first-order valence-corrected chi connectivity index (χ1v) is 10.5. The fraction of sp³-hybridized carbons (Fsp3) is 0.200. The molecule has 1 heterocycles. The number of benzene rings is 2. The molecule has 3 aromatic rings. The molecule has 1 N–H and O–H groups in total. The smallest absolute Gasteiger partial charge is 0.238 e. The number of rotatable bonds is 7. The molecule has 3 rings (SSSR count). The number of anilines is 1. The molecule has 0 fully saturated rings. The van der Waals surface area contributed by atoms with Crippen LogP contribution in [-0.4, -0.2) is 36.5 Å².